The van der Waals surface area contributed by atoms with Gasteiger partial charge in [0.05, 0.1) is 6.42 Å². The van der Waals surface area contributed by atoms with Crippen molar-refractivity contribution in [3.05, 3.63) is 12.3 Å². The van der Waals surface area contributed by atoms with Gasteiger partial charge in [0.25, 0.3) is 0 Å². The molecule has 0 saturated heterocycles. The third-order valence-electron chi connectivity index (χ3n) is 1.78. The Morgan fingerprint density at radius 2 is 2.07 bits per heavy atom. The number of carbonyl (C=O) groups is 1. The van der Waals surface area contributed by atoms with E-state index in [0.29, 0.717) is 0 Å². The zero-order valence-corrected chi connectivity index (χ0v) is 9.50. The Kier molecular flexibility index (Phi) is 5.28. The second-order valence-corrected chi connectivity index (χ2v) is 4.73. The van der Waals surface area contributed by atoms with Gasteiger partial charge < -0.3 is 10.4 Å². The van der Waals surface area contributed by atoms with Crippen LogP contribution in [-0.4, -0.2) is 17.1 Å². The highest BCUT2D eigenvalue weighted by molar-refractivity contribution is 5.67. The fraction of sp³-hybridized carbons (Fsp3) is 0.727. The van der Waals surface area contributed by atoms with Crippen LogP contribution in [0.15, 0.2) is 12.3 Å². The minimum atomic E-state index is -0.753. The zero-order chi connectivity index (χ0) is 11.2. The molecule has 1 unspecified atom stereocenters. The Morgan fingerprint density at radius 3 is 2.43 bits per heavy atom. The average Bonchev–Trinajstić information content (AvgIpc) is 1.96. The largest absolute Gasteiger partial charge is 0.481 e. The van der Waals surface area contributed by atoms with E-state index in [1.165, 1.54) is 0 Å². The molecule has 0 aromatic rings. The lowest BCUT2D eigenvalue weighted by Crippen LogP contribution is -2.31. The van der Waals surface area contributed by atoms with Crippen LogP contribution < -0.4 is 5.32 Å². The van der Waals surface area contributed by atoms with Crippen molar-refractivity contribution in [3.8, 4) is 0 Å². The molecule has 2 N–H and O–H groups in total. The highest BCUT2D eigenvalue weighted by atomic mass is 16.4. The van der Waals surface area contributed by atoms with E-state index >= 15 is 0 Å². The van der Waals surface area contributed by atoms with Gasteiger partial charge in [-0.25, -0.2) is 0 Å². The van der Waals surface area contributed by atoms with Crippen molar-refractivity contribution in [3.63, 3.8) is 0 Å². The number of nitrogens with one attached hydrogen (secondary N) is 1. The van der Waals surface area contributed by atoms with Crippen LogP contribution in [0.3, 0.4) is 0 Å². The summed E-state index contributed by atoms with van der Waals surface area (Å²) in [6.07, 6.45) is 4.70. The molecule has 0 aliphatic heterocycles. The summed E-state index contributed by atoms with van der Waals surface area (Å²) in [5.41, 5.74) is 0.148. The van der Waals surface area contributed by atoms with E-state index in [1.54, 1.807) is 6.20 Å². The van der Waals surface area contributed by atoms with Crippen LogP contribution >= 0.6 is 0 Å². The molecule has 0 bridgehead atoms. The van der Waals surface area contributed by atoms with Crippen LogP contribution in [0.2, 0.25) is 0 Å². The van der Waals surface area contributed by atoms with Crippen molar-refractivity contribution in [2.45, 2.75) is 46.6 Å². The Hall–Kier alpha value is -0.990. The molecule has 0 rings (SSSR count). The lowest BCUT2D eigenvalue weighted by molar-refractivity contribution is -0.137. The van der Waals surface area contributed by atoms with Crippen LogP contribution in [0.4, 0.5) is 0 Å². The number of hydrogen-bond donors (Lipinski definition) is 2. The molecule has 0 radical (unpaired) electrons. The Bertz CT molecular complexity index is 204. The normalized spacial score (nSPS) is 14.3. The van der Waals surface area contributed by atoms with Crippen molar-refractivity contribution in [1.82, 2.24) is 5.32 Å². The molecular weight excluding hydrogens is 178 g/mol. The molecular formula is C11H21NO2. The van der Waals surface area contributed by atoms with Crippen molar-refractivity contribution in [2.75, 3.05) is 0 Å². The fourth-order valence-electron chi connectivity index (χ4n) is 1.37. The molecule has 3 heteroatoms. The smallest absolute Gasteiger partial charge is 0.305 e. The molecule has 0 saturated carbocycles. The van der Waals surface area contributed by atoms with Gasteiger partial charge in [0, 0.05) is 6.04 Å². The molecule has 3 nitrogen and oxygen atoms in total. The average molecular weight is 199 g/mol. The summed E-state index contributed by atoms with van der Waals surface area (Å²) in [4.78, 5) is 10.6. The van der Waals surface area contributed by atoms with Gasteiger partial charge in [-0.3, -0.25) is 4.79 Å². The Labute approximate surface area is 86.2 Å². The summed E-state index contributed by atoms with van der Waals surface area (Å²) in [5, 5.41) is 11.8. The predicted octanol–water partition coefficient (Wildman–Crippen LogP) is 2.39. The number of carboxylic acids is 1. The van der Waals surface area contributed by atoms with Gasteiger partial charge in [0.2, 0.25) is 0 Å². The first-order chi connectivity index (χ1) is 6.35. The van der Waals surface area contributed by atoms with Crippen LogP contribution in [0, 0.1) is 5.41 Å². The molecule has 0 aromatic carbocycles. The van der Waals surface area contributed by atoms with Gasteiger partial charge in [-0.15, -0.1) is 0 Å². The molecule has 14 heavy (non-hydrogen) atoms. The maximum absolute atomic E-state index is 10.6. The fourth-order valence-corrected chi connectivity index (χ4v) is 1.37. The van der Waals surface area contributed by atoms with Gasteiger partial charge in [-0.1, -0.05) is 26.8 Å². The minimum absolute atomic E-state index is 0.0173. The number of carboxylic acid groups (broad SMARTS) is 1. The second kappa shape index (κ2) is 5.68. The van der Waals surface area contributed by atoms with E-state index in [1.807, 2.05) is 13.0 Å². The molecule has 0 amide bonds. The zero-order valence-electron chi connectivity index (χ0n) is 9.50. The highest BCUT2D eigenvalue weighted by Gasteiger charge is 2.19. The summed E-state index contributed by atoms with van der Waals surface area (Å²) in [7, 11) is 0. The lowest BCUT2D eigenvalue weighted by atomic mass is 9.87. The second-order valence-electron chi connectivity index (χ2n) is 4.73. The molecule has 0 aliphatic carbocycles. The number of hydrogen-bond acceptors (Lipinski definition) is 2. The summed E-state index contributed by atoms with van der Waals surface area (Å²) in [5.74, 6) is -0.753. The lowest BCUT2D eigenvalue weighted by Gasteiger charge is -2.25. The topological polar surface area (TPSA) is 49.3 Å². The summed E-state index contributed by atoms with van der Waals surface area (Å²) in [6.45, 7) is 8.24. The first kappa shape index (κ1) is 13.0. The van der Waals surface area contributed by atoms with E-state index in [-0.39, 0.29) is 17.9 Å². The SMILES string of the molecule is CC=CNC(CC(=O)O)CC(C)(C)C. The molecule has 0 aromatic heterocycles. The number of aliphatic carboxylic acids is 1. The highest BCUT2D eigenvalue weighted by Crippen LogP contribution is 2.22. The quantitative estimate of drug-likeness (QED) is 0.714. The van der Waals surface area contributed by atoms with Gasteiger partial charge in [-0.05, 0) is 25.0 Å². The summed E-state index contributed by atoms with van der Waals surface area (Å²) >= 11 is 0. The molecule has 1 atom stereocenters. The van der Waals surface area contributed by atoms with Crippen molar-refractivity contribution < 1.29 is 9.90 Å². The van der Waals surface area contributed by atoms with Crippen LogP contribution in [-0.2, 0) is 4.79 Å². The third-order valence-corrected chi connectivity index (χ3v) is 1.78. The van der Waals surface area contributed by atoms with Crippen LogP contribution in [0.5, 0.6) is 0 Å². The third kappa shape index (κ3) is 7.65. The molecule has 0 aliphatic rings. The minimum Gasteiger partial charge on any atom is -0.481 e. The summed E-state index contributed by atoms with van der Waals surface area (Å²) < 4.78 is 0. The van der Waals surface area contributed by atoms with Crippen molar-refractivity contribution in [1.29, 1.82) is 0 Å². The van der Waals surface area contributed by atoms with E-state index < -0.39 is 5.97 Å². The van der Waals surface area contributed by atoms with Crippen molar-refractivity contribution >= 4 is 5.97 Å². The maximum Gasteiger partial charge on any atom is 0.305 e. The molecule has 0 heterocycles. The molecule has 0 fully saturated rings. The van der Waals surface area contributed by atoms with Gasteiger partial charge in [0.1, 0.15) is 0 Å². The van der Waals surface area contributed by atoms with E-state index in [9.17, 15) is 4.79 Å². The monoisotopic (exact) mass is 199 g/mol. The van der Waals surface area contributed by atoms with Crippen molar-refractivity contribution in [2.24, 2.45) is 5.41 Å². The van der Waals surface area contributed by atoms with Gasteiger partial charge >= 0.3 is 5.97 Å². The van der Waals surface area contributed by atoms with Gasteiger partial charge in [0.15, 0.2) is 0 Å². The Balaban J connectivity index is 4.17. The first-order valence-corrected chi connectivity index (χ1v) is 4.94. The number of allylic oxidation sites excluding steroid dienone is 1. The van der Waals surface area contributed by atoms with E-state index in [2.05, 4.69) is 26.1 Å². The molecule has 82 valence electrons. The maximum atomic E-state index is 10.6. The van der Waals surface area contributed by atoms with Crippen LogP contribution in [0.1, 0.15) is 40.5 Å². The summed E-state index contributed by atoms with van der Waals surface area (Å²) in [6, 6.07) is 0.0173. The van der Waals surface area contributed by atoms with E-state index in [4.69, 9.17) is 5.11 Å². The first-order valence-electron chi connectivity index (χ1n) is 4.94. The van der Waals surface area contributed by atoms with Crippen LogP contribution in [0.25, 0.3) is 0 Å². The predicted molar refractivity (Wildman–Crippen MR) is 58.1 cm³/mol. The standard InChI is InChI=1S/C11H21NO2/c1-5-6-12-9(7-10(13)14)8-11(2,3)4/h5-6,9,12H,7-8H2,1-4H3,(H,13,14). The van der Waals surface area contributed by atoms with Gasteiger partial charge in [-0.2, -0.15) is 0 Å². The van der Waals surface area contributed by atoms with E-state index in [0.717, 1.165) is 6.42 Å². The number of rotatable bonds is 5. The molecule has 0 spiro atoms. The Morgan fingerprint density at radius 1 is 1.50 bits per heavy atom.